The van der Waals surface area contributed by atoms with Gasteiger partial charge in [-0.25, -0.2) is 14.4 Å². The van der Waals surface area contributed by atoms with E-state index in [0.29, 0.717) is 23.1 Å². The molecule has 1 aromatic carbocycles. The van der Waals surface area contributed by atoms with Gasteiger partial charge >= 0.3 is 0 Å². The zero-order valence-corrected chi connectivity index (χ0v) is 12.6. The number of nitrogens with one attached hydrogen (secondary N) is 1. The summed E-state index contributed by atoms with van der Waals surface area (Å²) < 4.78 is 14.0. The van der Waals surface area contributed by atoms with Gasteiger partial charge in [0, 0.05) is 17.1 Å². The molecule has 1 heterocycles. The summed E-state index contributed by atoms with van der Waals surface area (Å²) in [7, 11) is 0. The lowest BCUT2D eigenvalue weighted by molar-refractivity contribution is 0.605. The summed E-state index contributed by atoms with van der Waals surface area (Å²) in [6.07, 6.45) is 0.897. The van der Waals surface area contributed by atoms with Crippen molar-refractivity contribution in [2.75, 3.05) is 11.9 Å². The first-order valence-electron chi connectivity index (χ1n) is 6.57. The SMILES string of the molecule is CCCNc1nc(-c2ccc(C)c(Cl)c2)nc(C)c1F. The monoisotopic (exact) mass is 293 g/mol. The van der Waals surface area contributed by atoms with E-state index in [1.807, 2.05) is 26.0 Å². The molecule has 0 aliphatic heterocycles. The molecule has 20 heavy (non-hydrogen) atoms. The van der Waals surface area contributed by atoms with Crippen molar-refractivity contribution < 1.29 is 4.39 Å². The molecule has 2 rings (SSSR count). The topological polar surface area (TPSA) is 37.8 Å². The van der Waals surface area contributed by atoms with Gasteiger partial charge in [0.2, 0.25) is 0 Å². The van der Waals surface area contributed by atoms with Crippen LogP contribution >= 0.6 is 11.6 Å². The van der Waals surface area contributed by atoms with Gasteiger partial charge in [0.05, 0.1) is 5.69 Å². The van der Waals surface area contributed by atoms with Gasteiger partial charge in [0.25, 0.3) is 0 Å². The minimum absolute atomic E-state index is 0.242. The Morgan fingerprint density at radius 2 is 2.00 bits per heavy atom. The van der Waals surface area contributed by atoms with Crippen molar-refractivity contribution >= 4 is 17.4 Å². The van der Waals surface area contributed by atoms with Gasteiger partial charge in [-0.2, -0.15) is 0 Å². The number of hydrogen-bond donors (Lipinski definition) is 1. The van der Waals surface area contributed by atoms with Crippen molar-refractivity contribution in [3.8, 4) is 11.4 Å². The molecule has 0 aliphatic rings. The van der Waals surface area contributed by atoms with Crippen LogP contribution in [0.1, 0.15) is 24.6 Å². The van der Waals surface area contributed by atoms with E-state index >= 15 is 0 Å². The molecular weight excluding hydrogens is 277 g/mol. The first kappa shape index (κ1) is 14.7. The van der Waals surface area contributed by atoms with Crippen LogP contribution in [0.25, 0.3) is 11.4 Å². The Hall–Kier alpha value is -1.68. The predicted molar refractivity (Wildman–Crippen MR) is 80.7 cm³/mol. The van der Waals surface area contributed by atoms with E-state index in [-0.39, 0.29) is 5.82 Å². The minimum Gasteiger partial charge on any atom is -0.368 e. The van der Waals surface area contributed by atoms with Crippen LogP contribution in [-0.2, 0) is 0 Å². The largest absolute Gasteiger partial charge is 0.368 e. The van der Waals surface area contributed by atoms with Gasteiger partial charge in [-0.1, -0.05) is 30.7 Å². The third kappa shape index (κ3) is 3.07. The molecule has 0 atom stereocenters. The third-order valence-electron chi connectivity index (χ3n) is 2.99. The second-order valence-corrected chi connectivity index (χ2v) is 5.09. The van der Waals surface area contributed by atoms with E-state index in [2.05, 4.69) is 15.3 Å². The average Bonchev–Trinajstić information content (AvgIpc) is 2.43. The lowest BCUT2D eigenvalue weighted by Gasteiger charge is -2.10. The average molecular weight is 294 g/mol. The predicted octanol–water partition coefficient (Wildman–Crippen LogP) is 4.37. The highest BCUT2D eigenvalue weighted by Crippen LogP contribution is 2.25. The molecule has 5 heteroatoms. The highest BCUT2D eigenvalue weighted by molar-refractivity contribution is 6.31. The lowest BCUT2D eigenvalue weighted by Crippen LogP contribution is -2.08. The molecule has 0 radical (unpaired) electrons. The zero-order valence-electron chi connectivity index (χ0n) is 11.8. The highest BCUT2D eigenvalue weighted by Gasteiger charge is 2.12. The number of aryl methyl sites for hydroxylation is 2. The highest BCUT2D eigenvalue weighted by atomic mass is 35.5. The molecule has 0 spiro atoms. The summed E-state index contributed by atoms with van der Waals surface area (Å²) in [6.45, 7) is 6.24. The number of hydrogen-bond acceptors (Lipinski definition) is 3. The normalized spacial score (nSPS) is 10.7. The fourth-order valence-electron chi connectivity index (χ4n) is 1.78. The van der Waals surface area contributed by atoms with Gasteiger partial charge in [-0.3, -0.25) is 0 Å². The molecule has 0 unspecified atom stereocenters. The van der Waals surface area contributed by atoms with E-state index in [0.717, 1.165) is 17.5 Å². The van der Waals surface area contributed by atoms with Crippen molar-refractivity contribution in [1.29, 1.82) is 0 Å². The molecule has 1 N–H and O–H groups in total. The molecule has 1 aromatic heterocycles. The van der Waals surface area contributed by atoms with Crippen LogP contribution in [0.15, 0.2) is 18.2 Å². The van der Waals surface area contributed by atoms with E-state index in [9.17, 15) is 4.39 Å². The maximum Gasteiger partial charge on any atom is 0.186 e. The van der Waals surface area contributed by atoms with Gasteiger partial charge < -0.3 is 5.32 Å². The summed E-state index contributed by atoms with van der Waals surface area (Å²) in [5, 5.41) is 3.63. The van der Waals surface area contributed by atoms with E-state index in [1.54, 1.807) is 13.0 Å². The molecule has 0 saturated heterocycles. The Morgan fingerprint density at radius 3 is 2.65 bits per heavy atom. The quantitative estimate of drug-likeness (QED) is 0.909. The Bertz CT molecular complexity index is 629. The van der Waals surface area contributed by atoms with Gasteiger partial charge in [0.15, 0.2) is 17.5 Å². The zero-order chi connectivity index (χ0) is 14.7. The lowest BCUT2D eigenvalue weighted by atomic mass is 10.1. The molecule has 0 aliphatic carbocycles. The Labute approximate surface area is 123 Å². The Morgan fingerprint density at radius 1 is 1.25 bits per heavy atom. The van der Waals surface area contributed by atoms with Crippen LogP contribution in [0.3, 0.4) is 0 Å². The van der Waals surface area contributed by atoms with E-state index in [1.165, 1.54) is 0 Å². The van der Waals surface area contributed by atoms with Crippen LogP contribution < -0.4 is 5.32 Å². The smallest absolute Gasteiger partial charge is 0.186 e. The van der Waals surface area contributed by atoms with Crippen LogP contribution in [0.2, 0.25) is 5.02 Å². The van der Waals surface area contributed by atoms with Crippen molar-refractivity contribution in [2.24, 2.45) is 0 Å². The standard InChI is InChI=1S/C15H17ClFN3/c1-4-7-18-15-13(17)10(3)19-14(20-15)11-6-5-9(2)12(16)8-11/h5-6,8H,4,7H2,1-3H3,(H,18,19,20). The molecule has 3 nitrogen and oxygen atoms in total. The van der Waals surface area contributed by atoms with E-state index in [4.69, 9.17) is 11.6 Å². The first-order chi connectivity index (χ1) is 9.52. The van der Waals surface area contributed by atoms with Crippen molar-refractivity contribution in [3.63, 3.8) is 0 Å². The summed E-state index contributed by atoms with van der Waals surface area (Å²) >= 11 is 6.11. The molecule has 0 saturated carbocycles. The van der Waals surface area contributed by atoms with Crippen LogP contribution in [0.5, 0.6) is 0 Å². The van der Waals surface area contributed by atoms with Crippen LogP contribution in [-0.4, -0.2) is 16.5 Å². The first-order valence-corrected chi connectivity index (χ1v) is 6.95. The second kappa shape index (κ2) is 6.18. The second-order valence-electron chi connectivity index (χ2n) is 4.69. The summed E-state index contributed by atoms with van der Waals surface area (Å²) in [4.78, 5) is 8.45. The number of anilines is 1. The maximum absolute atomic E-state index is 14.0. The number of benzene rings is 1. The van der Waals surface area contributed by atoms with Crippen molar-refractivity contribution in [2.45, 2.75) is 27.2 Å². The molecular formula is C15H17ClFN3. The Kier molecular flexibility index (Phi) is 4.55. The number of halogens is 2. The summed E-state index contributed by atoms with van der Waals surface area (Å²) in [5.74, 6) is 0.316. The van der Waals surface area contributed by atoms with Gasteiger partial charge in [-0.15, -0.1) is 0 Å². The fraction of sp³-hybridized carbons (Fsp3) is 0.333. The number of aromatic nitrogens is 2. The summed E-state index contributed by atoms with van der Waals surface area (Å²) in [6, 6.07) is 5.59. The van der Waals surface area contributed by atoms with Crippen molar-refractivity contribution in [3.05, 3.63) is 40.3 Å². The van der Waals surface area contributed by atoms with Crippen LogP contribution in [0.4, 0.5) is 10.2 Å². The summed E-state index contributed by atoms with van der Waals surface area (Å²) in [5.41, 5.74) is 2.09. The van der Waals surface area contributed by atoms with Gasteiger partial charge in [-0.05, 0) is 31.9 Å². The molecule has 0 amide bonds. The molecule has 0 bridgehead atoms. The van der Waals surface area contributed by atoms with Crippen molar-refractivity contribution in [1.82, 2.24) is 9.97 Å². The fourth-order valence-corrected chi connectivity index (χ4v) is 1.96. The Balaban J connectivity index is 2.45. The van der Waals surface area contributed by atoms with E-state index < -0.39 is 5.82 Å². The number of nitrogens with zero attached hydrogens (tertiary/aromatic N) is 2. The third-order valence-corrected chi connectivity index (χ3v) is 3.40. The van der Waals surface area contributed by atoms with Gasteiger partial charge in [0.1, 0.15) is 0 Å². The number of rotatable bonds is 4. The molecule has 0 fully saturated rings. The molecule has 106 valence electrons. The minimum atomic E-state index is -0.402. The molecule has 2 aromatic rings. The van der Waals surface area contributed by atoms with Crippen LogP contribution in [0, 0.1) is 19.7 Å². The maximum atomic E-state index is 14.0.